The van der Waals surface area contributed by atoms with Gasteiger partial charge in [-0.25, -0.2) is 9.97 Å². The molecule has 2 amide bonds. The van der Waals surface area contributed by atoms with Crippen molar-refractivity contribution in [3.63, 3.8) is 0 Å². The highest BCUT2D eigenvalue weighted by Gasteiger charge is 2.22. The van der Waals surface area contributed by atoms with Gasteiger partial charge in [0.1, 0.15) is 11.4 Å². The van der Waals surface area contributed by atoms with Gasteiger partial charge in [-0.1, -0.05) is 25.5 Å². The fraction of sp³-hybridized carbons (Fsp3) is 0.318. The van der Waals surface area contributed by atoms with Crippen molar-refractivity contribution in [2.24, 2.45) is 12.0 Å². The molecule has 3 N–H and O–H groups in total. The van der Waals surface area contributed by atoms with Crippen LogP contribution in [0.4, 0.5) is 11.5 Å². The lowest BCUT2D eigenvalue weighted by molar-refractivity contribution is 0.0953. The van der Waals surface area contributed by atoms with E-state index in [-0.39, 0.29) is 34.4 Å². The molecule has 0 aliphatic carbocycles. The van der Waals surface area contributed by atoms with E-state index in [0.717, 1.165) is 12.8 Å². The number of ketones is 1. The second-order valence-corrected chi connectivity index (χ2v) is 6.89. The summed E-state index contributed by atoms with van der Waals surface area (Å²) in [4.78, 5) is 49.7. The predicted octanol–water partition coefficient (Wildman–Crippen LogP) is 2.72. The standard InChI is InChI=1S/C22H28N8O3/c1-6-8-9-10-24-11-15(7-2)27-20-18(28-16(12-25-20)14(3)31)21(32)29-17-13-26-30(5)19(17)22(33)23-4/h7,9-13H,6,8H2,1-5H3,(H,23,33)(H,25,27)(H,29,32)/b10-9+,15-7+,24-11+. The van der Waals surface area contributed by atoms with Crippen molar-refractivity contribution in [1.82, 2.24) is 25.1 Å². The summed E-state index contributed by atoms with van der Waals surface area (Å²) in [5, 5.41) is 12.2. The number of aryl methyl sites for hydroxylation is 1. The molecule has 0 saturated carbocycles. The van der Waals surface area contributed by atoms with Crippen LogP contribution in [0.5, 0.6) is 0 Å². The third kappa shape index (κ3) is 6.66. The first-order valence-electron chi connectivity index (χ1n) is 10.4. The second-order valence-electron chi connectivity index (χ2n) is 6.89. The Morgan fingerprint density at radius 3 is 2.58 bits per heavy atom. The Morgan fingerprint density at radius 1 is 1.18 bits per heavy atom. The first kappa shape index (κ1) is 25.1. The number of hydrogen-bond acceptors (Lipinski definition) is 8. The van der Waals surface area contributed by atoms with E-state index in [1.165, 1.54) is 31.0 Å². The van der Waals surface area contributed by atoms with Crippen LogP contribution in [0.2, 0.25) is 0 Å². The lowest BCUT2D eigenvalue weighted by Crippen LogP contribution is -2.24. The Morgan fingerprint density at radius 2 is 1.94 bits per heavy atom. The lowest BCUT2D eigenvalue weighted by atomic mass is 10.2. The lowest BCUT2D eigenvalue weighted by Gasteiger charge is -2.12. The predicted molar refractivity (Wildman–Crippen MR) is 127 cm³/mol. The highest BCUT2D eigenvalue weighted by molar-refractivity contribution is 6.10. The minimum absolute atomic E-state index is 0.0293. The van der Waals surface area contributed by atoms with Crippen LogP contribution >= 0.6 is 0 Å². The summed E-state index contributed by atoms with van der Waals surface area (Å²) in [6, 6.07) is 0. The molecule has 0 unspecified atom stereocenters. The van der Waals surface area contributed by atoms with Crippen LogP contribution in [0, 0.1) is 0 Å². The van der Waals surface area contributed by atoms with Gasteiger partial charge in [-0.15, -0.1) is 0 Å². The first-order valence-corrected chi connectivity index (χ1v) is 10.4. The van der Waals surface area contributed by atoms with Gasteiger partial charge in [0, 0.05) is 33.4 Å². The van der Waals surface area contributed by atoms with Crippen molar-refractivity contribution in [1.29, 1.82) is 0 Å². The molecule has 0 bridgehead atoms. The number of anilines is 2. The molecule has 0 saturated heterocycles. The fourth-order valence-corrected chi connectivity index (χ4v) is 2.65. The number of nitrogens with one attached hydrogen (secondary N) is 3. The molecule has 174 valence electrons. The van der Waals surface area contributed by atoms with Gasteiger partial charge >= 0.3 is 0 Å². The molecule has 2 rings (SSSR count). The Kier molecular flexibility index (Phi) is 9.16. The van der Waals surface area contributed by atoms with Crippen LogP contribution < -0.4 is 16.0 Å². The maximum atomic E-state index is 13.1. The average Bonchev–Trinajstić information content (AvgIpc) is 3.17. The number of aromatic nitrogens is 4. The van der Waals surface area contributed by atoms with Crippen LogP contribution in [0.25, 0.3) is 0 Å². The molecule has 0 atom stereocenters. The zero-order valence-corrected chi connectivity index (χ0v) is 19.3. The Balaban J connectivity index is 2.37. The number of allylic oxidation sites excluding steroid dienone is 3. The van der Waals surface area contributed by atoms with E-state index in [0.29, 0.717) is 5.70 Å². The maximum absolute atomic E-state index is 13.1. The van der Waals surface area contributed by atoms with E-state index in [4.69, 9.17) is 0 Å². The molecule has 0 spiro atoms. The summed E-state index contributed by atoms with van der Waals surface area (Å²) in [5.41, 5.74) is 0.834. The molecule has 11 heteroatoms. The summed E-state index contributed by atoms with van der Waals surface area (Å²) in [7, 11) is 3.05. The summed E-state index contributed by atoms with van der Waals surface area (Å²) in [6.45, 7) is 5.20. The van der Waals surface area contributed by atoms with E-state index < -0.39 is 11.8 Å². The first-order chi connectivity index (χ1) is 15.8. The molecule has 33 heavy (non-hydrogen) atoms. The molecule has 2 aromatic rings. The van der Waals surface area contributed by atoms with Gasteiger partial charge < -0.3 is 16.0 Å². The molecule has 11 nitrogen and oxygen atoms in total. The average molecular weight is 453 g/mol. The maximum Gasteiger partial charge on any atom is 0.278 e. The molecule has 0 aliphatic rings. The summed E-state index contributed by atoms with van der Waals surface area (Å²) in [6.07, 6.45) is 11.6. The van der Waals surface area contributed by atoms with Crippen molar-refractivity contribution >= 4 is 35.3 Å². The molecule has 0 aromatic carbocycles. The van der Waals surface area contributed by atoms with Gasteiger partial charge in [-0.2, -0.15) is 5.10 Å². The zero-order chi connectivity index (χ0) is 24.4. The number of amides is 2. The van der Waals surface area contributed by atoms with E-state index in [1.807, 2.05) is 6.08 Å². The topological polar surface area (TPSA) is 143 Å². The Labute approximate surface area is 192 Å². The van der Waals surface area contributed by atoms with Gasteiger partial charge in [0.15, 0.2) is 17.3 Å². The van der Waals surface area contributed by atoms with Gasteiger partial charge in [0.05, 0.1) is 23.8 Å². The highest BCUT2D eigenvalue weighted by Crippen LogP contribution is 2.18. The number of Topliss-reactive ketones (excluding diaryl/α,β-unsaturated/α-hetero) is 1. The minimum atomic E-state index is -0.665. The summed E-state index contributed by atoms with van der Waals surface area (Å²) >= 11 is 0. The normalized spacial score (nSPS) is 11.7. The summed E-state index contributed by atoms with van der Waals surface area (Å²) < 4.78 is 1.34. The molecule has 0 fully saturated rings. The van der Waals surface area contributed by atoms with E-state index in [2.05, 4.69) is 42.9 Å². The molecular formula is C22H28N8O3. The molecule has 0 aliphatic heterocycles. The van der Waals surface area contributed by atoms with Crippen molar-refractivity contribution in [2.75, 3.05) is 17.7 Å². The quantitative estimate of drug-likeness (QED) is 0.371. The SMILES string of the molecule is C\C=C(/C=N/C=C/CCC)Nc1ncc(C(C)=O)nc1C(=O)Nc1cnn(C)c1C(=O)NC. The number of aliphatic imine (C=N–C) groups is 1. The highest BCUT2D eigenvalue weighted by atomic mass is 16.2. The van der Waals surface area contributed by atoms with Crippen molar-refractivity contribution in [2.45, 2.75) is 33.6 Å². The second kappa shape index (κ2) is 12.0. The Hall–Kier alpha value is -4.15. The van der Waals surface area contributed by atoms with Gasteiger partial charge in [0.2, 0.25) is 0 Å². The number of unbranched alkanes of at least 4 members (excludes halogenated alkanes) is 1. The number of carbonyl (C=O) groups is 3. The van der Waals surface area contributed by atoms with E-state index >= 15 is 0 Å². The van der Waals surface area contributed by atoms with Crippen LogP contribution in [0.1, 0.15) is 65.1 Å². The fourth-order valence-electron chi connectivity index (χ4n) is 2.65. The zero-order valence-electron chi connectivity index (χ0n) is 19.3. The number of hydrogen-bond donors (Lipinski definition) is 3. The van der Waals surface area contributed by atoms with Crippen LogP contribution in [0.3, 0.4) is 0 Å². The van der Waals surface area contributed by atoms with Gasteiger partial charge in [-0.05, 0) is 13.3 Å². The third-order valence-electron chi connectivity index (χ3n) is 4.41. The van der Waals surface area contributed by atoms with Crippen LogP contribution in [-0.4, -0.2) is 50.6 Å². The van der Waals surface area contributed by atoms with Gasteiger partial charge in [0.25, 0.3) is 11.8 Å². The van der Waals surface area contributed by atoms with E-state index in [1.54, 1.807) is 32.5 Å². The largest absolute Gasteiger partial charge is 0.354 e. The molecular weight excluding hydrogens is 424 g/mol. The molecule has 2 heterocycles. The molecule has 2 aromatic heterocycles. The van der Waals surface area contributed by atoms with Gasteiger partial charge in [-0.3, -0.25) is 24.1 Å². The van der Waals surface area contributed by atoms with Crippen molar-refractivity contribution in [3.05, 3.63) is 53.5 Å². The summed E-state index contributed by atoms with van der Waals surface area (Å²) in [5.74, 6) is -1.30. The van der Waals surface area contributed by atoms with Crippen LogP contribution in [-0.2, 0) is 7.05 Å². The van der Waals surface area contributed by atoms with Crippen LogP contribution in [0.15, 0.2) is 41.4 Å². The number of rotatable bonds is 10. The monoisotopic (exact) mass is 452 g/mol. The Bertz CT molecular complexity index is 1110. The third-order valence-corrected chi connectivity index (χ3v) is 4.41. The number of carbonyl (C=O) groups excluding carboxylic acids is 3. The van der Waals surface area contributed by atoms with Crippen molar-refractivity contribution in [3.8, 4) is 0 Å². The number of nitrogens with zero attached hydrogens (tertiary/aromatic N) is 5. The van der Waals surface area contributed by atoms with Crippen molar-refractivity contribution < 1.29 is 14.4 Å². The smallest absolute Gasteiger partial charge is 0.278 e. The minimum Gasteiger partial charge on any atom is -0.354 e. The van der Waals surface area contributed by atoms with E-state index in [9.17, 15) is 14.4 Å². The molecule has 0 radical (unpaired) electrons.